The van der Waals surface area contributed by atoms with Crippen LogP contribution in [0.25, 0.3) is 0 Å². The first-order valence-corrected chi connectivity index (χ1v) is 14.5. The summed E-state index contributed by atoms with van der Waals surface area (Å²) in [7, 11) is -3.93. The average molecular weight is 578 g/mol. The van der Waals surface area contributed by atoms with Crippen molar-refractivity contribution in [2.75, 3.05) is 31.0 Å². The number of sulfonamides is 1. The van der Waals surface area contributed by atoms with Crippen LogP contribution in [0.3, 0.4) is 0 Å². The molecule has 3 atom stereocenters. The molecule has 1 aliphatic heterocycles. The third-order valence-electron chi connectivity index (χ3n) is 7.35. The van der Waals surface area contributed by atoms with Crippen LogP contribution in [0.4, 0.5) is 19.0 Å². The van der Waals surface area contributed by atoms with Crippen LogP contribution in [0.15, 0.2) is 59.9 Å². The molecule has 2 aliphatic rings. The highest BCUT2D eigenvalue weighted by Crippen LogP contribution is 2.39. The largest absolute Gasteiger partial charge is 0.473 e. The fourth-order valence-corrected chi connectivity index (χ4v) is 6.58. The van der Waals surface area contributed by atoms with Crippen molar-refractivity contribution in [3.05, 3.63) is 71.8 Å². The lowest BCUT2D eigenvalue weighted by Gasteiger charge is -2.43. The summed E-state index contributed by atoms with van der Waals surface area (Å²) in [5, 5.41) is 0. The Morgan fingerprint density at radius 2 is 1.90 bits per heavy atom. The highest BCUT2D eigenvalue weighted by atomic mass is 32.2. The van der Waals surface area contributed by atoms with Crippen LogP contribution in [0.1, 0.15) is 42.0 Å². The van der Waals surface area contributed by atoms with Gasteiger partial charge in [0.05, 0.1) is 24.5 Å². The zero-order chi connectivity index (χ0) is 28.3. The second-order valence-corrected chi connectivity index (χ2v) is 11.6. The van der Waals surface area contributed by atoms with Crippen molar-refractivity contribution in [1.29, 1.82) is 0 Å². The molecule has 9 nitrogen and oxygen atoms in total. The molecule has 3 heterocycles. The standard InChI is InChI=1S/C27H30F3N5O4S/c1-18-24(40(36,37)34-25-9-10-31-17-32-25)7-8-26(33-18)39-23-6-5-20(16-22(23)35-11-13-38-14-12-35)19-3-2-4-21(15-19)27(28,29)30/h2-4,7-10,15,17,20,22-23H,5-6,11-14,16H2,1H3,(H,31,32,34)/t20-,22-,23-/m0/s1. The molecule has 2 fully saturated rings. The lowest BCUT2D eigenvalue weighted by atomic mass is 9.78. The maximum atomic E-state index is 13.4. The maximum absolute atomic E-state index is 13.4. The van der Waals surface area contributed by atoms with Crippen LogP contribution < -0.4 is 9.46 Å². The Balaban J connectivity index is 1.34. The molecular weight excluding hydrogens is 547 g/mol. The van der Waals surface area contributed by atoms with Crippen LogP contribution in [0.2, 0.25) is 0 Å². The van der Waals surface area contributed by atoms with Crippen molar-refractivity contribution in [3.63, 3.8) is 0 Å². The Morgan fingerprint density at radius 1 is 1.10 bits per heavy atom. The predicted octanol–water partition coefficient (Wildman–Crippen LogP) is 4.42. The zero-order valence-electron chi connectivity index (χ0n) is 21.8. The predicted molar refractivity (Wildman–Crippen MR) is 140 cm³/mol. The summed E-state index contributed by atoms with van der Waals surface area (Å²) in [6.07, 6.45) is -0.103. The first kappa shape index (κ1) is 28.2. The monoisotopic (exact) mass is 577 g/mol. The lowest BCUT2D eigenvalue weighted by molar-refractivity contribution is -0.137. The molecule has 0 radical (unpaired) electrons. The summed E-state index contributed by atoms with van der Waals surface area (Å²) in [4.78, 5) is 14.4. The number of ether oxygens (including phenoxy) is 2. The van der Waals surface area contributed by atoms with Crippen molar-refractivity contribution < 1.29 is 31.1 Å². The summed E-state index contributed by atoms with van der Waals surface area (Å²) >= 11 is 0. The SMILES string of the molecule is Cc1nc(O[C@H]2CC[C@H](c3cccc(C(F)(F)F)c3)C[C@@H]2N2CCOCC2)ccc1S(=O)(=O)Nc1ccncn1. The molecule has 40 heavy (non-hydrogen) atoms. The molecule has 1 saturated heterocycles. The van der Waals surface area contributed by atoms with Crippen molar-refractivity contribution in [2.24, 2.45) is 0 Å². The number of rotatable bonds is 7. The first-order chi connectivity index (χ1) is 19.1. The minimum Gasteiger partial charge on any atom is -0.473 e. The maximum Gasteiger partial charge on any atom is 0.416 e. The van der Waals surface area contributed by atoms with Crippen molar-refractivity contribution >= 4 is 15.8 Å². The number of halogens is 3. The molecule has 0 amide bonds. The zero-order valence-corrected chi connectivity index (χ0v) is 22.7. The van der Waals surface area contributed by atoms with Crippen LogP contribution in [0.5, 0.6) is 5.88 Å². The summed E-state index contributed by atoms with van der Waals surface area (Å²) < 4.78 is 80.1. The van der Waals surface area contributed by atoms with Crippen molar-refractivity contribution in [2.45, 2.75) is 55.3 Å². The molecule has 1 N–H and O–H groups in total. The normalized spacial score (nSPS) is 22.6. The fourth-order valence-electron chi connectivity index (χ4n) is 5.40. The molecule has 214 valence electrons. The first-order valence-electron chi connectivity index (χ1n) is 13.0. The summed E-state index contributed by atoms with van der Waals surface area (Å²) in [5.41, 5.74) is 0.293. The van der Waals surface area contributed by atoms with Gasteiger partial charge < -0.3 is 9.47 Å². The topological polar surface area (TPSA) is 107 Å². The summed E-state index contributed by atoms with van der Waals surface area (Å²) in [5.74, 6) is 0.380. The van der Waals surface area contributed by atoms with Crippen LogP contribution in [0, 0.1) is 6.92 Å². The van der Waals surface area contributed by atoms with E-state index in [4.69, 9.17) is 9.47 Å². The summed E-state index contributed by atoms with van der Waals surface area (Å²) in [6, 6.07) is 9.92. The Kier molecular flexibility index (Phi) is 8.24. The van der Waals surface area contributed by atoms with Gasteiger partial charge in [-0.1, -0.05) is 18.2 Å². The molecule has 1 aliphatic carbocycles. The van der Waals surface area contributed by atoms with Gasteiger partial charge >= 0.3 is 6.18 Å². The number of alkyl halides is 3. The van der Waals surface area contributed by atoms with Gasteiger partial charge in [-0.05, 0) is 55.9 Å². The van der Waals surface area contributed by atoms with E-state index in [1.165, 1.54) is 42.9 Å². The van der Waals surface area contributed by atoms with Gasteiger partial charge in [0, 0.05) is 31.4 Å². The Hall–Kier alpha value is -3.29. The molecule has 3 aromatic rings. The Morgan fingerprint density at radius 3 is 2.60 bits per heavy atom. The third kappa shape index (κ3) is 6.53. The molecular formula is C27H30F3N5O4S. The second kappa shape index (κ2) is 11.7. The number of pyridine rings is 1. The van der Waals surface area contributed by atoms with Gasteiger partial charge in [0.2, 0.25) is 5.88 Å². The number of aromatic nitrogens is 3. The van der Waals surface area contributed by atoms with Crippen LogP contribution in [-0.4, -0.2) is 66.7 Å². The lowest BCUT2D eigenvalue weighted by Crippen LogP contribution is -2.53. The number of anilines is 1. The highest BCUT2D eigenvalue weighted by Gasteiger charge is 2.38. The van der Waals surface area contributed by atoms with E-state index < -0.39 is 21.8 Å². The number of morpholine rings is 1. The van der Waals surface area contributed by atoms with E-state index in [0.29, 0.717) is 57.0 Å². The van der Waals surface area contributed by atoms with Gasteiger partial charge in [0.1, 0.15) is 23.1 Å². The van der Waals surface area contributed by atoms with E-state index in [2.05, 4.69) is 24.6 Å². The molecule has 2 aromatic heterocycles. The number of nitrogens with one attached hydrogen (secondary N) is 1. The smallest absolute Gasteiger partial charge is 0.416 e. The molecule has 0 spiro atoms. The third-order valence-corrected chi connectivity index (χ3v) is 8.84. The van der Waals surface area contributed by atoms with Gasteiger partial charge in [-0.2, -0.15) is 13.2 Å². The Bertz CT molecular complexity index is 1420. The fraction of sp³-hybridized carbons (Fsp3) is 0.444. The van der Waals surface area contributed by atoms with Gasteiger partial charge in [0.25, 0.3) is 10.0 Å². The van der Waals surface area contributed by atoms with E-state index in [9.17, 15) is 21.6 Å². The minimum atomic E-state index is -4.40. The molecule has 1 saturated carbocycles. The number of aryl methyl sites for hydroxylation is 1. The molecule has 13 heteroatoms. The molecule has 5 rings (SSSR count). The quantitative estimate of drug-likeness (QED) is 0.440. The second-order valence-electron chi connectivity index (χ2n) is 9.94. The molecule has 0 bridgehead atoms. The number of hydrogen-bond donors (Lipinski definition) is 1. The van der Waals surface area contributed by atoms with Crippen LogP contribution >= 0.6 is 0 Å². The van der Waals surface area contributed by atoms with E-state index in [1.807, 2.05) is 0 Å². The molecule has 0 unspecified atom stereocenters. The summed E-state index contributed by atoms with van der Waals surface area (Å²) in [6.45, 7) is 4.11. The van der Waals surface area contributed by atoms with Gasteiger partial charge in [0.15, 0.2) is 0 Å². The van der Waals surface area contributed by atoms with Crippen molar-refractivity contribution in [1.82, 2.24) is 19.9 Å². The van der Waals surface area contributed by atoms with Crippen molar-refractivity contribution in [3.8, 4) is 5.88 Å². The highest BCUT2D eigenvalue weighted by molar-refractivity contribution is 7.92. The van der Waals surface area contributed by atoms with E-state index >= 15 is 0 Å². The average Bonchev–Trinajstić information content (AvgIpc) is 2.93. The van der Waals surface area contributed by atoms with E-state index in [1.54, 1.807) is 13.0 Å². The minimum absolute atomic E-state index is 0.00329. The van der Waals surface area contributed by atoms with Crippen LogP contribution in [-0.2, 0) is 20.9 Å². The van der Waals surface area contributed by atoms with E-state index in [0.717, 1.165) is 6.07 Å². The van der Waals surface area contributed by atoms with E-state index in [-0.39, 0.29) is 34.5 Å². The number of nitrogens with zero attached hydrogens (tertiary/aromatic N) is 4. The number of hydrogen-bond acceptors (Lipinski definition) is 8. The number of benzene rings is 1. The molecule has 1 aromatic carbocycles. The Labute approximate surface area is 230 Å². The van der Waals surface area contributed by atoms with Gasteiger partial charge in [-0.3, -0.25) is 9.62 Å². The van der Waals surface area contributed by atoms with Gasteiger partial charge in [-0.25, -0.2) is 23.4 Å². The van der Waals surface area contributed by atoms with Gasteiger partial charge in [-0.15, -0.1) is 0 Å².